The summed E-state index contributed by atoms with van der Waals surface area (Å²) in [5.74, 6) is 0.215. The van der Waals surface area contributed by atoms with E-state index in [4.69, 9.17) is 0 Å². The lowest BCUT2D eigenvalue weighted by Crippen LogP contribution is -2.32. The maximum Gasteiger partial charge on any atom is 0.140 e. The minimum Gasteiger partial charge on any atom is -0.299 e. The van der Waals surface area contributed by atoms with Crippen molar-refractivity contribution in [1.82, 2.24) is 0 Å². The lowest BCUT2D eigenvalue weighted by atomic mass is 9.73. The van der Waals surface area contributed by atoms with Gasteiger partial charge in [0.25, 0.3) is 0 Å². The zero-order chi connectivity index (χ0) is 12.0. The molecular weight excluding hydrogens is 200 g/mol. The van der Waals surface area contributed by atoms with Crippen LogP contribution in [-0.4, -0.2) is 11.6 Å². The first-order valence-electron chi connectivity index (χ1n) is 5.98. The molecule has 88 valence electrons. The molecule has 0 spiro atoms. The molecule has 0 aromatic carbocycles. The third kappa shape index (κ3) is 3.16. The molecule has 16 heavy (non-hydrogen) atoms. The van der Waals surface area contributed by atoms with Gasteiger partial charge in [0.2, 0.25) is 0 Å². The number of Topliss-reactive ketones (excluding diaryl/α,β-unsaturated/α-hetero) is 2. The molecule has 1 rings (SSSR count). The fourth-order valence-electron chi connectivity index (χ4n) is 2.49. The Balaban J connectivity index is 2.69. The average Bonchev–Trinajstić information content (AvgIpc) is 2.30. The number of carbonyl (C=O) groups excluding carboxylic acids is 2. The minimum absolute atomic E-state index is 0.0702. The van der Waals surface area contributed by atoms with Crippen molar-refractivity contribution in [1.29, 1.82) is 0 Å². The molecule has 0 radical (unpaired) electrons. The van der Waals surface area contributed by atoms with Gasteiger partial charge in [-0.1, -0.05) is 25.0 Å². The van der Waals surface area contributed by atoms with Gasteiger partial charge in [0.05, 0.1) is 0 Å². The largest absolute Gasteiger partial charge is 0.299 e. The van der Waals surface area contributed by atoms with Crippen LogP contribution in [0.4, 0.5) is 0 Å². The molecule has 2 heteroatoms. The van der Waals surface area contributed by atoms with Crippen LogP contribution in [0.1, 0.15) is 38.5 Å². The van der Waals surface area contributed by atoms with Crippen LogP contribution in [0.25, 0.3) is 0 Å². The number of ketones is 2. The molecule has 0 aliphatic heterocycles. The molecule has 1 aliphatic rings. The molecule has 0 aromatic heterocycles. The van der Waals surface area contributed by atoms with Gasteiger partial charge in [-0.15, -0.1) is 13.2 Å². The van der Waals surface area contributed by atoms with Gasteiger partial charge in [-0.25, -0.2) is 0 Å². The monoisotopic (exact) mass is 220 g/mol. The van der Waals surface area contributed by atoms with Crippen LogP contribution < -0.4 is 0 Å². The molecule has 0 bridgehead atoms. The molecule has 1 saturated carbocycles. The summed E-state index contributed by atoms with van der Waals surface area (Å²) in [5, 5.41) is 0. The fourth-order valence-corrected chi connectivity index (χ4v) is 2.49. The summed E-state index contributed by atoms with van der Waals surface area (Å²) >= 11 is 0. The number of allylic oxidation sites excluding steroid dienone is 2. The van der Waals surface area contributed by atoms with Crippen molar-refractivity contribution in [3.8, 4) is 0 Å². The average molecular weight is 220 g/mol. The number of carbonyl (C=O) groups is 2. The molecule has 0 heterocycles. The third-order valence-electron chi connectivity index (χ3n) is 3.28. The lowest BCUT2D eigenvalue weighted by Gasteiger charge is -2.29. The Kier molecular flexibility index (Phi) is 5.17. The van der Waals surface area contributed by atoms with Crippen molar-refractivity contribution in [2.45, 2.75) is 38.5 Å². The van der Waals surface area contributed by atoms with Gasteiger partial charge >= 0.3 is 0 Å². The van der Waals surface area contributed by atoms with E-state index in [0.29, 0.717) is 12.8 Å². The van der Waals surface area contributed by atoms with Crippen LogP contribution in [0.3, 0.4) is 0 Å². The standard InChI is InChI=1S/C14H20O2/c1-3-7-13(15)11-9-5-6-10-12(11)14(16)8-4-2/h3-4,11-12H,1-2,5-10H2. The summed E-state index contributed by atoms with van der Waals surface area (Å²) in [7, 11) is 0. The molecule has 2 atom stereocenters. The molecule has 0 N–H and O–H groups in total. The minimum atomic E-state index is -0.0702. The molecule has 2 nitrogen and oxygen atoms in total. The normalized spacial score (nSPS) is 24.8. The van der Waals surface area contributed by atoms with E-state index in [-0.39, 0.29) is 23.4 Å². The number of hydrogen-bond donors (Lipinski definition) is 0. The predicted molar refractivity (Wildman–Crippen MR) is 65.1 cm³/mol. The van der Waals surface area contributed by atoms with Crippen molar-refractivity contribution in [2.75, 3.05) is 0 Å². The zero-order valence-electron chi connectivity index (χ0n) is 9.78. The van der Waals surface area contributed by atoms with E-state index in [1.54, 1.807) is 12.2 Å². The number of hydrogen-bond acceptors (Lipinski definition) is 2. The summed E-state index contributed by atoms with van der Waals surface area (Å²) in [5.41, 5.74) is 0. The second kappa shape index (κ2) is 6.41. The van der Waals surface area contributed by atoms with Crippen molar-refractivity contribution < 1.29 is 9.59 Å². The van der Waals surface area contributed by atoms with Crippen LogP contribution in [0.2, 0.25) is 0 Å². The zero-order valence-corrected chi connectivity index (χ0v) is 9.78. The molecular formula is C14H20O2. The fraction of sp³-hybridized carbons (Fsp3) is 0.571. The SMILES string of the molecule is C=CCC(=O)C1CCCCC1C(=O)CC=C. The first-order valence-corrected chi connectivity index (χ1v) is 5.98. The second-order valence-electron chi connectivity index (χ2n) is 4.42. The Morgan fingerprint density at radius 3 is 1.62 bits per heavy atom. The maximum atomic E-state index is 11.9. The highest BCUT2D eigenvalue weighted by molar-refractivity contribution is 5.91. The summed E-state index contributed by atoms with van der Waals surface area (Å²) in [6.45, 7) is 7.16. The van der Waals surface area contributed by atoms with Gasteiger partial charge in [-0.3, -0.25) is 9.59 Å². The Bertz CT molecular complexity index is 261. The van der Waals surface area contributed by atoms with E-state index in [0.717, 1.165) is 25.7 Å². The molecule has 1 fully saturated rings. The lowest BCUT2D eigenvalue weighted by molar-refractivity contribution is -0.133. The smallest absolute Gasteiger partial charge is 0.140 e. The quantitative estimate of drug-likeness (QED) is 0.645. The summed E-state index contributed by atoms with van der Waals surface area (Å²) in [4.78, 5) is 23.7. The van der Waals surface area contributed by atoms with Crippen LogP contribution >= 0.6 is 0 Å². The molecule has 2 unspecified atom stereocenters. The van der Waals surface area contributed by atoms with Crippen LogP contribution in [0, 0.1) is 11.8 Å². The van der Waals surface area contributed by atoms with Crippen LogP contribution in [0.5, 0.6) is 0 Å². The second-order valence-corrected chi connectivity index (χ2v) is 4.42. The molecule has 1 aliphatic carbocycles. The number of rotatable bonds is 6. The molecule has 0 saturated heterocycles. The van der Waals surface area contributed by atoms with Crippen molar-refractivity contribution in [3.05, 3.63) is 25.3 Å². The maximum absolute atomic E-state index is 11.9. The highest BCUT2D eigenvalue weighted by Crippen LogP contribution is 2.32. The van der Waals surface area contributed by atoms with E-state index < -0.39 is 0 Å². The van der Waals surface area contributed by atoms with E-state index in [2.05, 4.69) is 13.2 Å². The van der Waals surface area contributed by atoms with Gasteiger partial charge in [-0.2, -0.15) is 0 Å². The van der Waals surface area contributed by atoms with Gasteiger partial charge in [0, 0.05) is 24.7 Å². The highest BCUT2D eigenvalue weighted by Gasteiger charge is 2.33. The van der Waals surface area contributed by atoms with E-state index in [1.807, 2.05) is 0 Å². The van der Waals surface area contributed by atoms with E-state index in [1.165, 1.54) is 0 Å². The van der Waals surface area contributed by atoms with Gasteiger partial charge < -0.3 is 0 Å². The van der Waals surface area contributed by atoms with Crippen LogP contribution in [0.15, 0.2) is 25.3 Å². The Hall–Kier alpha value is -1.18. The van der Waals surface area contributed by atoms with Gasteiger partial charge in [-0.05, 0) is 12.8 Å². The summed E-state index contributed by atoms with van der Waals surface area (Å²) in [6.07, 6.45) is 7.89. The van der Waals surface area contributed by atoms with Gasteiger partial charge in [0.1, 0.15) is 11.6 Å². The van der Waals surface area contributed by atoms with Crippen molar-refractivity contribution in [2.24, 2.45) is 11.8 Å². The summed E-state index contributed by atoms with van der Waals surface area (Å²) < 4.78 is 0. The van der Waals surface area contributed by atoms with E-state index >= 15 is 0 Å². The van der Waals surface area contributed by atoms with Crippen molar-refractivity contribution >= 4 is 11.6 Å². The molecule has 0 amide bonds. The molecule has 0 aromatic rings. The Morgan fingerprint density at radius 1 is 0.938 bits per heavy atom. The first-order chi connectivity index (χ1) is 7.70. The van der Waals surface area contributed by atoms with E-state index in [9.17, 15) is 9.59 Å². The van der Waals surface area contributed by atoms with Crippen molar-refractivity contribution in [3.63, 3.8) is 0 Å². The van der Waals surface area contributed by atoms with Crippen LogP contribution in [-0.2, 0) is 9.59 Å². The first kappa shape index (κ1) is 12.9. The Labute approximate surface area is 97.4 Å². The summed E-state index contributed by atoms with van der Waals surface area (Å²) in [6, 6.07) is 0. The highest BCUT2D eigenvalue weighted by atomic mass is 16.1. The predicted octanol–water partition coefficient (Wildman–Crippen LogP) is 3.08. The third-order valence-corrected chi connectivity index (χ3v) is 3.28. The Morgan fingerprint density at radius 2 is 1.31 bits per heavy atom. The topological polar surface area (TPSA) is 34.1 Å². The van der Waals surface area contributed by atoms with Gasteiger partial charge in [0.15, 0.2) is 0 Å².